The van der Waals surface area contributed by atoms with Crippen LogP contribution < -0.4 is 10.2 Å². The zero-order valence-electron chi connectivity index (χ0n) is 14.6. The van der Waals surface area contributed by atoms with E-state index < -0.39 is 0 Å². The van der Waals surface area contributed by atoms with Gasteiger partial charge < -0.3 is 10.2 Å². The van der Waals surface area contributed by atoms with E-state index in [9.17, 15) is 0 Å². The molecule has 1 N–H and O–H groups in total. The first-order chi connectivity index (χ1) is 9.97. The first-order valence-electron chi connectivity index (χ1n) is 8.28. The Balaban J connectivity index is 2.82. The van der Waals surface area contributed by atoms with Crippen molar-refractivity contribution in [1.29, 1.82) is 0 Å². The van der Waals surface area contributed by atoms with E-state index in [2.05, 4.69) is 61.7 Å². The quantitative estimate of drug-likeness (QED) is 0.754. The molecule has 1 aromatic rings. The van der Waals surface area contributed by atoms with Crippen molar-refractivity contribution in [2.45, 2.75) is 73.0 Å². The minimum atomic E-state index is 0.478. The standard InChI is InChI=1S/C17H32N4/c1-7-16(8-2)21(12-13(3)4)17-19-10-15(11-20-17)9-18-14(5)6/h10-11,13-14,16,18H,7-9,12H2,1-6H3. The molecule has 0 amide bonds. The van der Waals surface area contributed by atoms with Crippen molar-refractivity contribution >= 4 is 5.95 Å². The van der Waals surface area contributed by atoms with E-state index in [0.717, 1.165) is 37.4 Å². The summed E-state index contributed by atoms with van der Waals surface area (Å²) < 4.78 is 0. The average Bonchev–Trinajstić information content (AvgIpc) is 2.45. The predicted molar refractivity (Wildman–Crippen MR) is 90.6 cm³/mol. The summed E-state index contributed by atoms with van der Waals surface area (Å²) in [6.45, 7) is 15.1. The molecule has 0 radical (unpaired) electrons. The lowest BCUT2D eigenvalue weighted by Gasteiger charge is -2.32. The normalized spacial score (nSPS) is 11.7. The number of hydrogen-bond acceptors (Lipinski definition) is 4. The number of nitrogens with zero attached hydrogens (tertiary/aromatic N) is 3. The Bertz CT molecular complexity index is 382. The number of hydrogen-bond donors (Lipinski definition) is 1. The van der Waals surface area contributed by atoms with E-state index in [-0.39, 0.29) is 0 Å². The van der Waals surface area contributed by atoms with Gasteiger partial charge in [0.05, 0.1) is 0 Å². The highest BCUT2D eigenvalue weighted by Crippen LogP contribution is 2.18. The molecule has 0 unspecified atom stereocenters. The summed E-state index contributed by atoms with van der Waals surface area (Å²) in [5.74, 6) is 1.47. The lowest BCUT2D eigenvalue weighted by Crippen LogP contribution is -2.38. The van der Waals surface area contributed by atoms with Gasteiger partial charge in [0.1, 0.15) is 0 Å². The second-order valence-electron chi connectivity index (χ2n) is 6.44. The van der Waals surface area contributed by atoms with Crippen molar-refractivity contribution in [3.05, 3.63) is 18.0 Å². The van der Waals surface area contributed by atoms with Crippen LogP contribution in [0.1, 0.15) is 59.9 Å². The maximum absolute atomic E-state index is 4.60. The third kappa shape index (κ3) is 6.00. The molecule has 0 aliphatic heterocycles. The minimum absolute atomic E-state index is 0.478. The van der Waals surface area contributed by atoms with E-state index in [4.69, 9.17) is 0 Å². The Hall–Kier alpha value is -1.16. The Morgan fingerprint density at radius 1 is 1.05 bits per heavy atom. The lowest BCUT2D eigenvalue weighted by atomic mass is 10.1. The number of aromatic nitrogens is 2. The zero-order chi connectivity index (χ0) is 15.8. The number of rotatable bonds is 9. The monoisotopic (exact) mass is 292 g/mol. The maximum Gasteiger partial charge on any atom is 0.225 e. The molecule has 1 heterocycles. The van der Waals surface area contributed by atoms with Gasteiger partial charge in [-0.15, -0.1) is 0 Å². The molecule has 4 heteroatoms. The summed E-state index contributed by atoms with van der Waals surface area (Å²) in [5.41, 5.74) is 1.14. The number of anilines is 1. The van der Waals surface area contributed by atoms with Crippen LogP contribution >= 0.6 is 0 Å². The summed E-state index contributed by atoms with van der Waals surface area (Å²) in [6.07, 6.45) is 6.16. The molecular weight excluding hydrogens is 260 g/mol. The Morgan fingerprint density at radius 2 is 1.62 bits per heavy atom. The highest BCUT2D eigenvalue weighted by Gasteiger charge is 2.19. The van der Waals surface area contributed by atoms with Crippen molar-refractivity contribution in [3.8, 4) is 0 Å². The van der Waals surface area contributed by atoms with Crippen LogP contribution in [-0.4, -0.2) is 28.6 Å². The molecule has 0 saturated carbocycles. The van der Waals surface area contributed by atoms with Gasteiger partial charge in [0, 0.05) is 43.1 Å². The number of nitrogens with one attached hydrogen (secondary N) is 1. The van der Waals surface area contributed by atoms with Gasteiger partial charge in [-0.25, -0.2) is 9.97 Å². The summed E-state index contributed by atoms with van der Waals surface area (Å²) in [6, 6.07) is 0.999. The van der Waals surface area contributed by atoms with Crippen molar-refractivity contribution in [1.82, 2.24) is 15.3 Å². The first kappa shape index (κ1) is 17.9. The minimum Gasteiger partial charge on any atom is -0.338 e. The third-order valence-corrected chi connectivity index (χ3v) is 3.61. The second-order valence-corrected chi connectivity index (χ2v) is 6.44. The van der Waals surface area contributed by atoms with Crippen LogP contribution in [0, 0.1) is 5.92 Å². The molecule has 0 fully saturated rings. The van der Waals surface area contributed by atoms with Crippen molar-refractivity contribution in [2.75, 3.05) is 11.4 Å². The van der Waals surface area contributed by atoms with Gasteiger partial charge >= 0.3 is 0 Å². The van der Waals surface area contributed by atoms with Gasteiger partial charge in [0.15, 0.2) is 0 Å². The van der Waals surface area contributed by atoms with Crippen LogP contribution in [0.25, 0.3) is 0 Å². The molecule has 0 aliphatic carbocycles. The fraction of sp³-hybridized carbons (Fsp3) is 0.765. The van der Waals surface area contributed by atoms with Crippen molar-refractivity contribution in [2.24, 2.45) is 5.92 Å². The molecule has 120 valence electrons. The Labute approximate surface area is 130 Å². The topological polar surface area (TPSA) is 41.1 Å². The van der Waals surface area contributed by atoms with Crippen LogP contribution in [0.4, 0.5) is 5.95 Å². The van der Waals surface area contributed by atoms with Crippen LogP contribution in [0.2, 0.25) is 0 Å². The molecule has 0 spiro atoms. The van der Waals surface area contributed by atoms with Crippen LogP contribution in [-0.2, 0) is 6.54 Å². The molecule has 1 rings (SSSR count). The smallest absolute Gasteiger partial charge is 0.225 e. The first-order valence-corrected chi connectivity index (χ1v) is 8.28. The summed E-state index contributed by atoms with van der Waals surface area (Å²) in [5, 5.41) is 3.39. The predicted octanol–water partition coefficient (Wildman–Crippen LogP) is 3.63. The van der Waals surface area contributed by atoms with Crippen molar-refractivity contribution < 1.29 is 0 Å². The SMILES string of the molecule is CCC(CC)N(CC(C)C)c1ncc(CNC(C)C)cn1. The Kier molecular flexibility index (Phi) is 7.65. The molecular formula is C17H32N4. The van der Waals surface area contributed by atoms with Crippen LogP contribution in [0.3, 0.4) is 0 Å². The molecule has 0 bridgehead atoms. The molecule has 4 nitrogen and oxygen atoms in total. The molecule has 0 aromatic carbocycles. The van der Waals surface area contributed by atoms with E-state index in [0.29, 0.717) is 18.0 Å². The fourth-order valence-corrected chi connectivity index (χ4v) is 2.43. The molecule has 0 aliphatic rings. The van der Waals surface area contributed by atoms with Gasteiger partial charge in [-0.1, -0.05) is 41.5 Å². The van der Waals surface area contributed by atoms with Crippen LogP contribution in [0.5, 0.6) is 0 Å². The molecule has 1 aromatic heterocycles. The largest absolute Gasteiger partial charge is 0.338 e. The third-order valence-electron chi connectivity index (χ3n) is 3.61. The average molecular weight is 292 g/mol. The highest BCUT2D eigenvalue weighted by molar-refractivity contribution is 5.31. The summed E-state index contributed by atoms with van der Waals surface area (Å²) in [4.78, 5) is 11.6. The van der Waals surface area contributed by atoms with Gasteiger partial charge in [0.25, 0.3) is 0 Å². The van der Waals surface area contributed by atoms with Gasteiger partial charge in [0.2, 0.25) is 5.95 Å². The molecule has 0 saturated heterocycles. The Morgan fingerprint density at radius 3 is 2.05 bits per heavy atom. The maximum atomic E-state index is 4.60. The van der Waals surface area contributed by atoms with Gasteiger partial charge in [-0.05, 0) is 18.8 Å². The lowest BCUT2D eigenvalue weighted by molar-refractivity contribution is 0.498. The van der Waals surface area contributed by atoms with E-state index in [1.54, 1.807) is 0 Å². The van der Waals surface area contributed by atoms with Gasteiger partial charge in [-0.2, -0.15) is 0 Å². The summed E-state index contributed by atoms with van der Waals surface area (Å²) in [7, 11) is 0. The fourth-order valence-electron chi connectivity index (χ4n) is 2.43. The zero-order valence-corrected chi connectivity index (χ0v) is 14.6. The molecule has 0 atom stereocenters. The highest BCUT2D eigenvalue weighted by atomic mass is 15.3. The van der Waals surface area contributed by atoms with E-state index in [1.807, 2.05) is 12.4 Å². The van der Waals surface area contributed by atoms with Crippen LogP contribution in [0.15, 0.2) is 12.4 Å². The summed E-state index contributed by atoms with van der Waals surface area (Å²) >= 11 is 0. The van der Waals surface area contributed by atoms with E-state index in [1.165, 1.54) is 0 Å². The van der Waals surface area contributed by atoms with Crippen molar-refractivity contribution in [3.63, 3.8) is 0 Å². The second kappa shape index (κ2) is 8.98. The van der Waals surface area contributed by atoms with Gasteiger partial charge in [-0.3, -0.25) is 0 Å². The molecule has 21 heavy (non-hydrogen) atoms. The van der Waals surface area contributed by atoms with E-state index >= 15 is 0 Å².